The SMILES string of the molecule is Cc1nn(C)c(C)c1/C=N\Nc1ncnc2cc(-c3ccc(F)cc3)sc12. The van der Waals surface area contributed by atoms with Gasteiger partial charge in [0.25, 0.3) is 0 Å². The molecular weight excluding hydrogens is 363 g/mol. The van der Waals surface area contributed by atoms with E-state index in [2.05, 4.69) is 25.6 Å². The van der Waals surface area contributed by atoms with Crippen molar-refractivity contribution in [2.24, 2.45) is 12.1 Å². The van der Waals surface area contributed by atoms with Crippen molar-refractivity contribution in [3.8, 4) is 10.4 Å². The number of fused-ring (bicyclic) bond motifs is 1. The standard InChI is InChI=1S/C19H17FN6S/c1-11-15(12(2)26(3)25-11)9-23-24-19-18-16(21-10-22-19)8-17(27-18)13-4-6-14(20)7-5-13/h4-10H,1-3H3,(H,21,22,24)/b23-9-. The highest BCUT2D eigenvalue weighted by molar-refractivity contribution is 7.22. The first kappa shape index (κ1) is 17.3. The van der Waals surface area contributed by atoms with Crippen molar-refractivity contribution in [3.63, 3.8) is 0 Å². The van der Waals surface area contributed by atoms with E-state index in [-0.39, 0.29) is 5.82 Å². The predicted molar refractivity (Wildman–Crippen MR) is 107 cm³/mol. The summed E-state index contributed by atoms with van der Waals surface area (Å²) >= 11 is 1.54. The summed E-state index contributed by atoms with van der Waals surface area (Å²) in [5.74, 6) is 0.381. The molecule has 3 aromatic heterocycles. The number of aromatic nitrogens is 4. The van der Waals surface area contributed by atoms with E-state index in [9.17, 15) is 4.39 Å². The van der Waals surface area contributed by atoms with Crippen LogP contribution in [0, 0.1) is 19.7 Å². The smallest absolute Gasteiger partial charge is 0.167 e. The van der Waals surface area contributed by atoms with E-state index >= 15 is 0 Å². The van der Waals surface area contributed by atoms with E-state index < -0.39 is 0 Å². The Balaban J connectivity index is 1.64. The fourth-order valence-corrected chi connectivity index (χ4v) is 3.88. The summed E-state index contributed by atoms with van der Waals surface area (Å²) in [6.45, 7) is 3.95. The molecule has 0 unspecified atom stereocenters. The largest absolute Gasteiger partial charge is 0.272 e. The molecule has 0 saturated carbocycles. The first-order chi connectivity index (χ1) is 13.0. The molecule has 0 radical (unpaired) electrons. The zero-order valence-corrected chi connectivity index (χ0v) is 15.9. The van der Waals surface area contributed by atoms with Crippen LogP contribution in [0.5, 0.6) is 0 Å². The summed E-state index contributed by atoms with van der Waals surface area (Å²) in [6, 6.07) is 8.39. The molecule has 1 N–H and O–H groups in total. The van der Waals surface area contributed by atoms with Gasteiger partial charge in [0, 0.05) is 23.2 Å². The van der Waals surface area contributed by atoms with Crippen LogP contribution in [0.3, 0.4) is 0 Å². The second-order valence-electron chi connectivity index (χ2n) is 6.13. The van der Waals surface area contributed by atoms with Gasteiger partial charge in [-0.15, -0.1) is 11.3 Å². The van der Waals surface area contributed by atoms with Crippen LogP contribution < -0.4 is 5.43 Å². The topological polar surface area (TPSA) is 68.0 Å². The maximum atomic E-state index is 13.2. The van der Waals surface area contributed by atoms with Crippen molar-refractivity contribution in [1.82, 2.24) is 19.7 Å². The summed E-state index contributed by atoms with van der Waals surface area (Å²) < 4.78 is 15.9. The maximum absolute atomic E-state index is 13.2. The van der Waals surface area contributed by atoms with E-state index in [1.54, 1.807) is 18.3 Å². The normalized spacial score (nSPS) is 11.6. The van der Waals surface area contributed by atoms with Gasteiger partial charge >= 0.3 is 0 Å². The second kappa shape index (κ2) is 6.88. The number of anilines is 1. The molecule has 4 aromatic rings. The van der Waals surface area contributed by atoms with Crippen LogP contribution in [0.25, 0.3) is 20.7 Å². The fourth-order valence-electron chi connectivity index (χ4n) is 2.83. The molecule has 0 aliphatic rings. The molecule has 8 heteroatoms. The third-order valence-electron chi connectivity index (χ3n) is 4.37. The van der Waals surface area contributed by atoms with Crippen molar-refractivity contribution in [1.29, 1.82) is 0 Å². The summed E-state index contributed by atoms with van der Waals surface area (Å²) in [7, 11) is 1.91. The number of nitrogens with zero attached hydrogens (tertiary/aromatic N) is 5. The Labute approximate surface area is 159 Å². The molecule has 0 bridgehead atoms. The van der Waals surface area contributed by atoms with Crippen molar-refractivity contribution >= 4 is 33.6 Å². The lowest BCUT2D eigenvalue weighted by Crippen LogP contribution is -1.96. The summed E-state index contributed by atoms with van der Waals surface area (Å²) in [5.41, 5.74) is 7.71. The van der Waals surface area contributed by atoms with Gasteiger partial charge in [-0.3, -0.25) is 10.1 Å². The number of benzene rings is 1. The zero-order valence-electron chi connectivity index (χ0n) is 15.1. The first-order valence-electron chi connectivity index (χ1n) is 8.32. The molecule has 6 nitrogen and oxygen atoms in total. The number of hydrogen-bond donors (Lipinski definition) is 1. The van der Waals surface area contributed by atoms with Gasteiger partial charge in [-0.05, 0) is 37.6 Å². The van der Waals surface area contributed by atoms with Crippen molar-refractivity contribution < 1.29 is 4.39 Å². The average Bonchev–Trinajstić information content (AvgIpc) is 3.19. The summed E-state index contributed by atoms with van der Waals surface area (Å²) in [5, 5.41) is 8.71. The molecule has 0 spiro atoms. The number of hydrogen-bond acceptors (Lipinski definition) is 6. The van der Waals surface area contributed by atoms with E-state index in [1.165, 1.54) is 29.8 Å². The predicted octanol–water partition coefficient (Wildman–Crippen LogP) is 4.29. The number of hydrazone groups is 1. The van der Waals surface area contributed by atoms with Crippen molar-refractivity contribution in [2.45, 2.75) is 13.8 Å². The second-order valence-corrected chi connectivity index (χ2v) is 7.18. The molecule has 0 aliphatic carbocycles. The molecule has 1 aromatic carbocycles. The number of thiophene rings is 1. The van der Waals surface area contributed by atoms with Gasteiger partial charge in [-0.25, -0.2) is 14.4 Å². The number of halogens is 1. The van der Waals surface area contributed by atoms with Gasteiger partial charge in [-0.2, -0.15) is 10.2 Å². The molecule has 0 aliphatic heterocycles. The summed E-state index contributed by atoms with van der Waals surface area (Å²) in [4.78, 5) is 9.62. The Morgan fingerprint density at radius 2 is 1.96 bits per heavy atom. The maximum Gasteiger partial charge on any atom is 0.167 e. The van der Waals surface area contributed by atoms with Gasteiger partial charge in [0.15, 0.2) is 5.82 Å². The molecule has 27 heavy (non-hydrogen) atoms. The molecule has 0 atom stereocenters. The molecule has 0 amide bonds. The van der Waals surface area contributed by atoms with Crippen LogP contribution in [0.2, 0.25) is 0 Å². The lowest BCUT2D eigenvalue weighted by atomic mass is 10.2. The molecule has 0 fully saturated rings. The molecule has 136 valence electrons. The quantitative estimate of drug-likeness (QED) is 0.423. The monoisotopic (exact) mass is 380 g/mol. The third kappa shape index (κ3) is 3.31. The number of nitrogens with one attached hydrogen (secondary N) is 1. The third-order valence-corrected chi connectivity index (χ3v) is 5.55. The minimum atomic E-state index is -0.252. The Morgan fingerprint density at radius 1 is 1.19 bits per heavy atom. The Morgan fingerprint density at radius 3 is 2.67 bits per heavy atom. The number of aryl methyl sites for hydroxylation is 2. The van der Waals surface area contributed by atoms with Gasteiger partial charge in [0.05, 0.1) is 22.1 Å². The highest BCUT2D eigenvalue weighted by Gasteiger charge is 2.11. The van der Waals surface area contributed by atoms with Crippen LogP contribution in [0.1, 0.15) is 17.0 Å². The molecule has 0 saturated heterocycles. The van der Waals surface area contributed by atoms with Gasteiger partial charge in [0.2, 0.25) is 0 Å². The van der Waals surface area contributed by atoms with E-state index in [4.69, 9.17) is 0 Å². The van der Waals surface area contributed by atoms with Gasteiger partial charge < -0.3 is 0 Å². The van der Waals surface area contributed by atoms with Crippen LogP contribution in [-0.4, -0.2) is 26.0 Å². The Hall–Kier alpha value is -3.13. The summed E-state index contributed by atoms with van der Waals surface area (Å²) in [6.07, 6.45) is 3.25. The lowest BCUT2D eigenvalue weighted by Gasteiger charge is -2.00. The molecular formula is C19H17FN6S. The van der Waals surface area contributed by atoms with Gasteiger partial charge in [-0.1, -0.05) is 12.1 Å². The van der Waals surface area contributed by atoms with Crippen LogP contribution in [0.15, 0.2) is 41.8 Å². The fraction of sp³-hybridized carbons (Fsp3) is 0.158. The first-order valence-corrected chi connectivity index (χ1v) is 9.14. The Bertz CT molecular complexity index is 1140. The van der Waals surface area contributed by atoms with E-state index in [1.807, 2.05) is 31.6 Å². The lowest BCUT2D eigenvalue weighted by molar-refractivity contribution is 0.628. The van der Waals surface area contributed by atoms with Crippen molar-refractivity contribution in [3.05, 3.63) is 59.4 Å². The molecule has 4 rings (SSSR count). The highest BCUT2D eigenvalue weighted by atomic mass is 32.1. The van der Waals surface area contributed by atoms with E-state index in [0.29, 0.717) is 5.82 Å². The van der Waals surface area contributed by atoms with Gasteiger partial charge in [0.1, 0.15) is 12.1 Å². The minimum absolute atomic E-state index is 0.252. The van der Waals surface area contributed by atoms with Crippen LogP contribution in [0.4, 0.5) is 10.2 Å². The minimum Gasteiger partial charge on any atom is -0.272 e. The van der Waals surface area contributed by atoms with Crippen LogP contribution in [-0.2, 0) is 7.05 Å². The highest BCUT2D eigenvalue weighted by Crippen LogP contribution is 2.35. The average molecular weight is 380 g/mol. The van der Waals surface area contributed by atoms with Crippen molar-refractivity contribution in [2.75, 3.05) is 5.43 Å². The van der Waals surface area contributed by atoms with E-state index in [0.717, 1.165) is 37.6 Å². The zero-order chi connectivity index (χ0) is 19.0. The number of rotatable bonds is 4. The molecule has 3 heterocycles. The Kier molecular flexibility index (Phi) is 4.41. The van der Waals surface area contributed by atoms with Crippen LogP contribution >= 0.6 is 11.3 Å².